The second-order valence-corrected chi connectivity index (χ2v) is 5.19. The smallest absolute Gasteiger partial charge is 0.124 e. The molecule has 4 aliphatic carbocycles. The summed E-state index contributed by atoms with van der Waals surface area (Å²) in [5.41, 5.74) is 5.27. The maximum absolute atomic E-state index is 10.3. The van der Waals surface area contributed by atoms with Crippen molar-refractivity contribution < 1.29 is 10.2 Å². The standard InChI is InChI=1S/C17H18O2/c18-11-16-14-7-5-12-1-3-13(4-2-12)6-8-15(10-9-14)17(16)19/h1-4,9-10,18-19H,5-8,11H2. The minimum Gasteiger partial charge on any atom is -0.507 e. The van der Waals surface area contributed by atoms with E-state index in [1.54, 1.807) is 0 Å². The van der Waals surface area contributed by atoms with E-state index in [1.165, 1.54) is 11.1 Å². The van der Waals surface area contributed by atoms with Crippen LogP contribution in [0.1, 0.15) is 27.8 Å². The first-order valence-electron chi connectivity index (χ1n) is 6.79. The van der Waals surface area contributed by atoms with Crippen LogP contribution in [0.2, 0.25) is 0 Å². The summed E-state index contributed by atoms with van der Waals surface area (Å²) in [7, 11) is 0. The van der Waals surface area contributed by atoms with Gasteiger partial charge in [0.25, 0.3) is 0 Å². The number of benzene rings is 2. The highest BCUT2D eigenvalue weighted by Crippen LogP contribution is 2.29. The van der Waals surface area contributed by atoms with Crippen LogP contribution in [-0.4, -0.2) is 10.2 Å². The zero-order chi connectivity index (χ0) is 13.2. The molecule has 2 nitrogen and oxygen atoms in total. The largest absolute Gasteiger partial charge is 0.507 e. The van der Waals surface area contributed by atoms with Crippen LogP contribution in [0.5, 0.6) is 5.75 Å². The molecule has 19 heavy (non-hydrogen) atoms. The van der Waals surface area contributed by atoms with Gasteiger partial charge in [-0.1, -0.05) is 36.4 Å². The monoisotopic (exact) mass is 254 g/mol. The van der Waals surface area contributed by atoms with E-state index in [0.29, 0.717) is 5.56 Å². The van der Waals surface area contributed by atoms with Crippen LogP contribution in [0.4, 0.5) is 0 Å². The van der Waals surface area contributed by atoms with Gasteiger partial charge in [-0.3, -0.25) is 0 Å². The van der Waals surface area contributed by atoms with E-state index in [4.69, 9.17) is 0 Å². The number of hydrogen-bond acceptors (Lipinski definition) is 2. The van der Waals surface area contributed by atoms with E-state index >= 15 is 0 Å². The van der Waals surface area contributed by atoms with Gasteiger partial charge in [0, 0.05) is 5.56 Å². The summed E-state index contributed by atoms with van der Waals surface area (Å²) in [6.45, 7) is -0.0907. The Balaban J connectivity index is 2.06. The minimum absolute atomic E-state index is 0.0907. The highest BCUT2D eigenvalue weighted by molar-refractivity contribution is 5.46. The lowest BCUT2D eigenvalue weighted by Gasteiger charge is -2.15. The lowest BCUT2D eigenvalue weighted by Crippen LogP contribution is -2.03. The number of aryl methyl sites for hydroxylation is 4. The molecule has 0 amide bonds. The van der Waals surface area contributed by atoms with E-state index in [2.05, 4.69) is 30.3 Å². The Kier molecular flexibility index (Phi) is 3.26. The summed E-state index contributed by atoms with van der Waals surface area (Å²) in [5.74, 6) is 0.287. The van der Waals surface area contributed by atoms with Gasteiger partial charge in [-0.25, -0.2) is 0 Å². The fraction of sp³-hybridized carbons (Fsp3) is 0.294. The number of aromatic hydroxyl groups is 1. The molecular formula is C17H18O2. The zero-order valence-electron chi connectivity index (χ0n) is 10.9. The Morgan fingerprint density at radius 3 is 1.84 bits per heavy atom. The van der Waals surface area contributed by atoms with Crippen molar-refractivity contribution in [2.45, 2.75) is 32.3 Å². The molecule has 0 radical (unpaired) electrons. The number of rotatable bonds is 1. The van der Waals surface area contributed by atoms with Crippen LogP contribution in [0.25, 0.3) is 0 Å². The first-order chi connectivity index (χ1) is 9.28. The number of hydrogen-bond donors (Lipinski definition) is 2. The SMILES string of the molecule is OCc1c2ccc(c1O)CCc1ccc(cc1)CC2. The van der Waals surface area contributed by atoms with Gasteiger partial charge in [0.1, 0.15) is 5.75 Å². The van der Waals surface area contributed by atoms with E-state index in [1.807, 2.05) is 6.07 Å². The summed E-state index contributed by atoms with van der Waals surface area (Å²) in [4.78, 5) is 0. The van der Waals surface area contributed by atoms with Crippen LogP contribution in [-0.2, 0) is 32.3 Å². The van der Waals surface area contributed by atoms with Crippen LogP contribution < -0.4 is 0 Å². The lowest BCUT2D eigenvalue weighted by atomic mass is 9.92. The molecule has 2 N–H and O–H groups in total. The first kappa shape index (κ1) is 12.2. The Hall–Kier alpha value is -1.80. The maximum atomic E-state index is 10.3. The summed E-state index contributed by atoms with van der Waals surface area (Å²) < 4.78 is 0. The molecular weight excluding hydrogens is 236 g/mol. The molecule has 6 rings (SSSR count). The van der Waals surface area contributed by atoms with Crippen LogP contribution in [0, 0.1) is 0 Å². The number of phenols is 1. The maximum Gasteiger partial charge on any atom is 0.124 e. The molecule has 2 aromatic carbocycles. The van der Waals surface area contributed by atoms with E-state index in [-0.39, 0.29) is 12.4 Å². The zero-order valence-corrected chi connectivity index (χ0v) is 10.9. The minimum atomic E-state index is -0.0907. The van der Waals surface area contributed by atoms with Crippen molar-refractivity contribution in [2.24, 2.45) is 0 Å². The van der Waals surface area contributed by atoms with Gasteiger partial charge >= 0.3 is 0 Å². The molecule has 0 fully saturated rings. The summed E-state index contributed by atoms with van der Waals surface area (Å²) in [6.07, 6.45) is 3.51. The third-order valence-corrected chi connectivity index (χ3v) is 4.01. The fourth-order valence-corrected chi connectivity index (χ4v) is 2.77. The molecule has 0 heterocycles. The van der Waals surface area contributed by atoms with Gasteiger partial charge in [-0.05, 0) is 47.9 Å². The molecule has 0 aromatic heterocycles. The van der Waals surface area contributed by atoms with Gasteiger partial charge < -0.3 is 10.2 Å². The molecule has 0 aliphatic heterocycles. The predicted octanol–water partition coefficient (Wildman–Crippen LogP) is 2.77. The van der Waals surface area contributed by atoms with Crippen LogP contribution >= 0.6 is 0 Å². The van der Waals surface area contributed by atoms with Crippen molar-refractivity contribution in [1.82, 2.24) is 0 Å². The molecule has 0 spiro atoms. The van der Waals surface area contributed by atoms with Gasteiger partial charge in [-0.2, -0.15) is 0 Å². The van der Waals surface area contributed by atoms with Crippen molar-refractivity contribution in [3.63, 3.8) is 0 Å². The van der Waals surface area contributed by atoms with Crippen LogP contribution in [0.3, 0.4) is 0 Å². The quantitative estimate of drug-likeness (QED) is 0.821. The van der Waals surface area contributed by atoms with Crippen molar-refractivity contribution in [1.29, 1.82) is 0 Å². The lowest BCUT2D eigenvalue weighted by molar-refractivity contribution is 0.273. The Bertz CT molecular complexity index is 585. The molecule has 4 bridgehead atoms. The van der Waals surface area contributed by atoms with Crippen molar-refractivity contribution >= 4 is 0 Å². The number of aliphatic hydroxyl groups is 1. The highest BCUT2D eigenvalue weighted by atomic mass is 16.3. The average Bonchev–Trinajstić information content (AvgIpc) is 2.43. The third kappa shape index (κ3) is 2.36. The average molecular weight is 254 g/mol. The third-order valence-electron chi connectivity index (χ3n) is 4.01. The topological polar surface area (TPSA) is 40.5 Å². The molecule has 2 aromatic rings. The summed E-state index contributed by atoms with van der Waals surface area (Å²) in [6, 6.07) is 12.8. The summed E-state index contributed by atoms with van der Waals surface area (Å²) >= 11 is 0. The van der Waals surface area contributed by atoms with Gasteiger partial charge in [0.15, 0.2) is 0 Å². The number of aliphatic hydroxyl groups excluding tert-OH is 1. The molecule has 0 saturated heterocycles. The van der Waals surface area contributed by atoms with Crippen molar-refractivity contribution in [2.75, 3.05) is 0 Å². The predicted molar refractivity (Wildman–Crippen MR) is 75.3 cm³/mol. The van der Waals surface area contributed by atoms with Crippen LogP contribution in [0.15, 0.2) is 36.4 Å². The van der Waals surface area contributed by atoms with Gasteiger partial charge in [-0.15, -0.1) is 0 Å². The Morgan fingerprint density at radius 1 is 0.737 bits per heavy atom. The van der Waals surface area contributed by atoms with E-state index in [9.17, 15) is 10.2 Å². The second-order valence-electron chi connectivity index (χ2n) is 5.19. The first-order valence-corrected chi connectivity index (χ1v) is 6.79. The van der Waals surface area contributed by atoms with Gasteiger partial charge in [0.05, 0.1) is 6.61 Å². The molecule has 0 saturated carbocycles. The van der Waals surface area contributed by atoms with Gasteiger partial charge in [0.2, 0.25) is 0 Å². The van der Waals surface area contributed by atoms with E-state index < -0.39 is 0 Å². The van der Waals surface area contributed by atoms with E-state index in [0.717, 1.165) is 36.8 Å². The Morgan fingerprint density at radius 2 is 1.26 bits per heavy atom. The second kappa shape index (κ2) is 5.06. The van der Waals surface area contributed by atoms with Crippen molar-refractivity contribution in [3.8, 4) is 5.75 Å². The molecule has 98 valence electrons. The molecule has 2 heteroatoms. The molecule has 0 unspecified atom stereocenters. The highest BCUT2D eigenvalue weighted by Gasteiger charge is 2.13. The molecule has 0 atom stereocenters. The fourth-order valence-electron chi connectivity index (χ4n) is 2.77. The van der Waals surface area contributed by atoms with Crippen molar-refractivity contribution in [3.05, 3.63) is 64.2 Å². The summed E-state index contributed by atoms with van der Waals surface area (Å²) in [5, 5.41) is 19.8. The molecule has 4 aliphatic rings. The normalized spacial score (nSPS) is 14.2. The Labute approximate surface area is 113 Å².